The highest BCUT2D eigenvalue weighted by molar-refractivity contribution is 5.95. The molecule has 2 aliphatic rings. The summed E-state index contributed by atoms with van der Waals surface area (Å²) in [5.74, 6) is -0.0165. The number of carbonyl (C=O) groups excluding carboxylic acids is 1. The van der Waals surface area contributed by atoms with Gasteiger partial charge < -0.3 is 15.8 Å². The quantitative estimate of drug-likeness (QED) is 0.825. The summed E-state index contributed by atoms with van der Waals surface area (Å²) in [6, 6.07) is 7.41. The van der Waals surface area contributed by atoms with Crippen LogP contribution in [0.25, 0.3) is 0 Å². The molecule has 2 saturated carbocycles. The average molecular weight is 339 g/mol. The molecule has 2 aliphatic carbocycles. The van der Waals surface area contributed by atoms with Gasteiger partial charge >= 0.3 is 0 Å². The molecule has 0 aliphatic heterocycles. The van der Waals surface area contributed by atoms with Crippen molar-refractivity contribution in [3.63, 3.8) is 0 Å². The van der Waals surface area contributed by atoms with Crippen molar-refractivity contribution >= 4 is 24.0 Å². The highest BCUT2D eigenvalue weighted by atomic mass is 35.5. The first-order valence-electron chi connectivity index (χ1n) is 8.44. The molecule has 1 spiro atoms. The van der Waals surface area contributed by atoms with E-state index in [9.17, 15) is 4.79 Å². The minimum Gasteiger partial charge on any atom is -0.399 e. The van der Waals surface area contributed by atoms with Crippen LogP contribution in [0.15, 0.2) is 24.3 Å². The first-order valence-corrected chi connectivity index (χ1v) is 8.44. The summed E-state index contributed by atoms with van der Waals surface area (Å²) >= 11 is 0. The van der Waals surface area contributed by atoms with Crippen LogP contribution >= 0.6 is 12.4 Å². The monoisotopic (exact) mass is 338 g/mol. The molecular weight excluding hydrogens is 312 g/mol. The Labute approximate surface area is 144 Å². The molecule has 1 amide bonds. The molecular formula is C18H27ClN2O2. The Balaban J connectivity index is 0.00000192. The lowest BCUT2D eigenvalue weighted by molar-refractivity contribution is -0.146. The third kappa shape index (κ3) is 3.48. The van der Waals surface area contributed by atoms with E-state index in [2.05, 4.69) is 12.2 Å². The van der Waals surface area contributed by atoms with E-state index < -0.39 is 0 Å². The van der Waals surface area contributed by atoms with E-state index >= 15 is 0 Å². The fourth-order valence-electron chi connectivity index (χ4n) is 4.19. The summed E-state index contributed by atoms with van der Waals surface area (Å²) in [5.41, 5.74) is 7.20. The molecule has 2 unspecified atom stereocenters. The number of nitrogens with two attached hydrogens (primary N) is 1. The van der Waals surface area contributed by atoms with Crippen molar-refractivity contribution in [1.82, 2.24) is 5.32 Å². The summed E-state index contributed by atoms with van der Waals surface area (Å²) in [5, 5.41) is 3.23. The van der Waals surface area contributed by atoms with Gasteiger partial charge in [0.05, 0.1) is 6.10 Å². The van der Waals surface area contributed by atoms with Crippen molar-refractivity contribution in [1.29, 1.82) is 0 Å². The Morgan fingerprint density at radius 2 is 2.09 bits per heavy atom. The van der Waals surface area contributed by atoms with Gasteiger partial charge in [-0.25, -0.2) is 0 Å². The predicted octanol–water partition coefficient (Wildman–Crippen LogP) is 3.55. The van der Waals surface area contributed by atoms with Crippen molar-refractivity contribution in [3.8, 4) is 0 Å². The zero-order valence-electron chi connectivity index (χ0n) is 13.7. The van der Waals surface area contributed by atoms with Gasteiger partial charge in [-0.3, -0.25) is 4.79 Å². The molecule has 2 atom stereocenters. The Kier molecular flexibility index (Phi) is 5.93. The molecule has 2 fully saturated rings. The third-order valence-electron chi connectivity index (χ3n) is 5.39. The molecule has 128 valence electrons. The van der Waals surface area contributed by atoms with Crippen molar-refractivity contribution in [2.24, 2.45) is 5.41 Å². The molecule has 3 N–H and O–H groups in total. The number of nitrogens with one attached hydrogen (secondary N) is 1. The van der Waals surface area contributed by atoms with Gasteiger partial charge in [-0.1, -0.05) is 25.3 Å². The van der Waals surface area contributed by atoms with Crippen LogP contribution in [0.5, 0.6) is 0 Å². The summed E-state index contributed by atoms with van der Waals surface area (Å²) in [6.45, 7) is 2.80. The second-order valence-corrected chi connectivity index (χ2v) is 6.63. The van der Waals surface area contributed by atoms with E-state index in [4.69, 9.17) is 10.5 Å². The minimum absolute atomic E-state index is 0. The number of carbonyl (C=O) groups is 1. The average Bonchev–Trinajstić information content (AvgIpc) is 2.54. The Morgan fingerprint density at radius 3 is 2.74 bits per heavy atom. The smallest absolute Gasteiger partial charge is 0.251 e. The van der Waals surface area contributed by atoms with Gasteiger partial charge in [0.25, 0.3) is 5.91 Å². The predicted molar refractivity (Wildman–Crippen MR) is 94.9 cm³/mol. The maximum absolute atomic E-state index is 12.5. The van der Waals surface area contributed by atoms with Crippen LogP contribution in [0.3, 0.4) is 0 Å². The third-order valence-corrected chi connectivity index (χ3v) is 5.39. The first kappa shape index (κ1) is 18.1. The van der Waals surface area contributed by atoms with E-state index in [1.807, 2.05) is 12.1 Å². The molecule has 0 saturated heterocycles. The van der Waals surface area contributed by atoms with E-state index in [0.717, 1.165) is 13.0 Å². The number of ether oxygens (including phenoxy) is 1. The number of hydrogen-bond donors (Lipinski definition) is 2. The van der Waals surface area contributed by atoms with Gasteiger partial charge in [0.1, 0.15) is 0 Å². The topological polar surface area (TPSA) is 64.3 Å². The highest BCUT2D eigenvalue weighted by Crippen LogP contribution is 2.53. The van der Waals surface area contributed by atoms with E-state index in [-0.39, 0.29) is 29.8 Å². The SMILES string of the molecule is CCOC1CC(NC(=O)c2cccc(N)c2)C12CCCCC2.Cl. The Bertz CT molecular complexity index is 544. The zero-order chi connectivity index (χ0) is 15.6. The van der Waals surface area contributed by atoms with Crippen LogP contribution in [-0.4, -0.2) is 24.7 Å². The number of amides is 1. The van der Waals surface area contributed by atoms with Crippen LogP contribution in [-0.2, 0) is 4.74 Å². The standard InChI is InChI=1S/C18H26N2O2.ClH/c1-2-22-16-12-15(18(16)9-4-3-5-10-18)20-17(21)13-7-6-8-14(19)11-13;/h6-8,11,15-16H,2-5,9-10,12,19H2,1H3,(H,20,21);1H. The highest BCUT2D eigenvalue weighted by Gasteiger charge is 2.56. The number of nitrogen functional groups attached to an aromatic ring is 1. The number of rotatable bonds is 4. The van der Waals surface area contributed by atoms with Gasteiger partial charge in [0.15, 0.2) is 0 Å². The molecule has 5 heteroatoms. The second kappa shape index (κ2) is 7.54. The molecule has 23 heavy (non-hydrogen) atoms. The molecule has 4 nitrogen and oxygen atoms in total. The molecule has 0 radical (unpaired) electrons. The lowest BCUT2D eigenvalue weighted by atomic mass is 9.55. The molecule has 1 aromatic rings. The molecule has 0 bridgehead atoms. The van der Waals surface area contributed by atoms with Gasteiger partial charge in [0.2, 0.25) is 0 Å². The van der Waals surface area contributed by atoms with Crippen LogP contribution in [0.4, 0.5) is 5.69 Å². The number of benzene rings is 1. The number of halogens is 1. The van der Waals surface area contributed by atoms with Crippen LogP contribution in [0.1, 0.15) is 55.8 Å². The minimum atomic E-state index is -0.0165. The number of anilines is 1. The van der Waals surface area contributed by atoms with E-state index in [1.54, 1.807) is 12.1 Å². The van der Waals surface area contributed by atoms with Gasteiger partial charge in [0, 0.05) is 29.3 Å². The second-order valence-electron chi connectivity index (χ2n) is 6.63. The lowest BCUT2D eigenvalue weighted by Crippen LogP contribution is -2.65. The van der Waals surface area contributed by atoms with Gasteiger partial charge in [-0.05, 0) is 44.4 Å². The van der Waals surface area contributed by atoms with Crippen molar-refractivity contribution in [2.45, 2.75) is 57.6 Å². The molecule has 3 rings (SSSR count). The Hall–Kier alpha value is -1.26. The van der Waals surface area contributed by atoms with Crippen molar-refractivity contribution in [2.75, 3.05) is 12.3 Å². The fourth-order valence-corrected chi connectivity index (χ4v) is 4.19. The van der Waals surface area contributed by atoms with Gasteiger partial charge in [-0.2, -0.15) is 0 Å². The lowest BCUT2D eigenvalue weighted by Gasteiger charge is -2.57. The van der Waals surface area contributed by atoms with Crippen LogP contribution in [0.2, 0.25) is 0 Å². The van der Waals surface area contributed by atoms with Crippen LogP contribution in [0, 0.1) is 5.41 Å². The van der Waals surface area contributed by atoms with Crippen molar-refractivity contribution in [3.05, 3.63) is 29.8 Å². The summed E-state index contributed by atoms with van der Waals surface area (Å²) in [4.78, 5) is 12.5. The molecule has 0 heterocycles. The number of hydrogen-bond acceptors (Lipinski definition) is 3. The maximum atomic E-state index is 12.5. The zero-order valence-corrected chi connectivity index (χ0v) is 14.5. The van der Waals surface area contributed by atoms with Gasteiger partial charge in [-0.15, -0.1) is 12.4 Å². The molecule has 0 aromatic heterocycles. The first-order chi connectivity index (χ1) is 10.7. The normalized spacial score (nSPS) is 25.3. The summed E-state index contributed by atoms with van der Waals surface area (Å²) in [6.07, 6.45) is 7.36. The summed E-state index contributed by atoms with van der Waals surface area (Å²) in [7, 11) is 0. The summed E-state index contributed by atoms with van der Waals surface area (Å²) < 4.78 is 5.94. The largest absolute Gasteiger partial charge is 0.399 e. The Morgan fingerprint density at radius 1 is 1.35 bits per heavy atom. The van der Waals surface area contributed by atoms with Crippen LogP contribution < -0.4 is 11.1 Å². The fraction of sp³-hybridized carbons (Fsp3) is 0.611. The maximum Gasteiger partial charge on any atom is 0.251 e. The van der Waals surface area contributed by atoms with E-state index in [1.165, 1.54) is 32.1 Å². The molecule has 1 aromatic carbocycles. The van der Waals surface area contributed by atoms with E-state index in [0.29, 0.717) is 17.4 Å². The van der Waals surface area contributed by atoms with Crippen molar-refractivity contribution < 1.29 is 9.53 Å².